The van der Waals surface area contributed by atoms with Crippen molar-refractivity contribution in [2.24, 2.45) is 0 Å². The van der Waals surface area contributed by atoms with E-state index in [9.17, 15) is 4.79 Å². The maximum Gasteiger partial charge on any atom is 0.258 e. The standard InChI is InChI=1S/C13H14N4O/c1-8-3-2-6-16-12(8)17-13(18)10-5-4-9(14)7-11(10)15/h2-7H,14-15H2,1H3,(H,16,17,18). The zero-order valence-electron chi connectivity index (χ0n) is 9.97. The van der Waals surface area contributed by atoms with Crippen molar-refractivity contribution in [3.63, 3.8) is 0 Å². The van der Waals surface area contributed by atoms with Crippen LogP contribution in [0.4, 0.5) is 17.2 Å². The fourth-order valence-electron chi connectivity index (χ4n) is 1.58. The second-order valence-corrected chi connectivity index (χ2v) is 3.97. The molecule has 0 spiro atoms. The summed E-state index contributed by atoms with van der Waals surface area (Å²) >= 11 is 0. The first-order valence-corrected chi connectivity index (χ1v) is 5.46. The zero-order valence-corrected chi connectivity index (χ0v) is 9.97. The minimum absolute atomic E-state index is 0.297. The van der Waals surface area contributed by atoms with Gasteiger partial charge in [0.2, 0.25) is 0 Å². The quantitative estimate of drug-likeness (QED) is 0.700. The average molecular weight is 242 g/mol. The van der Waals surface area contributed by atoms with Crippen LogP contribution in [0, 0.1) is 6.92 Å². The van der Waals surface area contributed by atoms with Crippen molar-refractivity contribution < 1.29 is 4.79 Å². The fraction of sp³-hybridized carbons (Fsp3) is 0.0769. The molecule has 0 bridgehead atoms. The zero-order chi connectivity index (χ0) is 13.1. The van der Waals surface area contributed by atoms with Crippen LogP contribution in [0.25, 0.3) is 0 Å². The number of nitrogens with zero attached hydrogens (tertiary/aromatic N) is 1. The van der Waals surface area contributed by atoms with Gasteiger partial charge in [0.25, 0.3) is 5.91 Å². The predicted octanol–water partition coefficient (Wildman–Crippen LogP) is 1.81. The monoisotopic (exact) mass is 242 g/mol. The van der Waals surface area contributed by atoms with E-state index in [2.05, 4.69) is 10.3 Å². The van der Waals surface area contributed by atoms with Gasteiger partial charge >= 0.3 is 0 Å². The maximum absolute atomic E-state index is 12.0. The molecule has 1 heterocycles. The number of carbonyl (C=O) groups excluding carboxylic acids is 1. The van der Waals surface area contributed by atoms with E-state index in [-0.39, 0.29) is 5.91 Å². The van der Waals surface area contributed by atoms with Gasteiger partial charge in [-0.1, -0.05) is 6.07 Å². The van der Waals surface area contributed by atoms with Gasteiger partial charge in [-0.05, 0) is 36.8 Å². The topological polar surface area (TPSA) is 94.0 Å². The third-order valence-corrected chi connectivity index (χ3v) is 2.56. The number of amides is 1. The first-order valence-electron chi connectivity index (χ1n) is 5.46. The van der Waals surface area contributed by atoms with Crippen LogP contribution >= 0.6 is 0 Å². The molecule has 18 heavy (non-hydrogen) atoms. The number of benzene rings is 1. The highest BCUT2D eigenvalue weighted by Crippen LogP contribution is 2.18. The summed E-state index contributed by atoms with van der Waals surface area (Å²) in [6, 6.07) is 8.46. The van der Waals surface area contributed by atoms with Gasteiger partial charge in [-0.25, -0.2) is 4.98 Å². The lowest BCUT2D eigenvalue weighted by Crippen LogP contribution is -2.15. The van der Waals surface area contributed by atoms with Gasteiger partial charge in [0, 0.05) is 17.6 Å². The van der Waals surface area contributed by atoms with Gasteiger partial charge in [0.1, 0.15) is 5.82 Å². The van der Waals surface area contributed by atoms with E-state index in [0.717, 1.165) is 5.56 Å². The van der Waals surface area contributed by atoms with E-state index in [0.29, 0.717) is 22.8 Å². The van der Waals surface area contributed by atoms with Crippen molar-refractivity contribution in [3.8, 4) is 0 Å². The molecular formula is C13H14N4O. The van der Waals surface area contributed by atoms with Crippen LogP contribution in [0.2, 0.25) is 0 Å². The number of rotatable bonds is 2. The highest BCUT2D eigenvalue weighted by atomic mass is 16.1. The Hall–Kier alpha value is -2.56. The number of hydrogen-bond donors (Lipinski definition) is 3. The average Bonchev–Trinajstić information content (AvgIpc) is 2.32. The van der Waals surface area contributed by atoms with Crippen molar-refractivity contribution in [1.82, 2.24) is 4.98 Å². The minimum atomic E-state index is -0.297. The summed E-state index contributed by atoms with van der Waals surface area (Å²) in [7, 11) is 0. The third-order valence-electron chi connectivity index (χ3n) is 2.56. The highest BCUT2D eigenvalue weighted by molar-refractivity contribution is 6.07. The SMILES string of the molecule is Cc1cccnc1NC(=O)c1ccc(N)cc1N. The van der Waals surface area contributed by atoms with E-state index in [1.807, 2.05) is 19.1 Å². The van der Waals surface area contributed by atoms with Crippen LogP contribution in [0.1, 0.15) is 15.9 Å². The molecule has 92 valence electrons. The summed E-state index contributed by atoms with van der Waals surface area (Å²) in [5.74, 6) is 0.230. The molecule has 5 heteroatoms. The molecule has 0 radical (unpaired) electrons. The van der Waals surface area contributed by atoms with Crippen LogP contribution in [-0.4, -0.2) is 10.9 Å². The van der Waals surface area contributed by atoms with Crippen molar-refractivity contribution in [1.29, 1.82) is 0 Å². The van der Waals surface area contributed by atoms with Crippen molar-refractivity contribution >= 4 is 23.1 Å². The number of nitrogens with two attached hydrogens (primary N) is 2. The number of nitrogens with one attached hydrogen (secondary N) is 1. The summed E-state index contributed by atoms with van der Waals surface area (Å²) in [5, 5.41) is 2.72. The molecule has 0 fully saturated rings. The number of pyridine rings is 1. The second-order valence-electron chi connectivity index (χ2n) is 3.97. The lowest BCUT2D eigenvalue weighted by Gasteiger charge is -2.09. The molecule has 0 atom stereocenters. The molecule has 0 unspecified atom stereocenters. The predicted molar refractivity (Wildman–Crippen MR) is 72.2 cm³/mol. The third kappa shape index (κ3) is 2.40. The molecule has 0 aliphatic carbocycles. The van der Waals surface area contributed by atoms with Crippen LogP contribution in [0.3, 0.4) is 0 Å². The Morgan fingerprint density at radius 2 is 2.06 bits per heavy atom. The minimum Gasteiger partial charge on any atom is -0.399 e. The number of anilines is 3. The smallest absolute Gasteiger partial charge is 0.258 e. The Labute approximate surface area is 105 Å². The van der Waals surface area contributed by atoms with Crippen molar-refractivity contribution in [2.45, 2.75) is 6.92 Å². The first kappa shape index (κ1) is 11.9. The fourth-order valence-corrected chi connectivity index (χ4v) is 1.58. The van der Waals surface area contributed by atoms with Crippen molar-refractivity contribution in [3.05, 3.63) is 47.7 Å². The highest BCUT2D eigenvalue weighted by Gasteiger charge is 2.11. The number of aromatic nitrogens is 1. The van der Waals surface area contributed by atoms with E-state index >= 15 is 0 Å². The Morgan fingerprint density at radius 3 is 2.72 bits per heavy atom. The summed E-state index contributed by atoms with van der Waals surface area (Å²) in [5.41, 5.74) is 13.5. The lowest BCUT2D eigenvalue weighted by atomic mass is 10.1. The maximum atomic E-state index is 12.0. The molecule has 5 nitrogen and oxygen atoms in total. The Kier molecular flexibility index (Phi) is 3.14. The lowest BCUT2D eigenvalue weighted by molar-refractivity contribution is 0.102. The molecular weight excluding hydrogens is 228 g/mol. The van der Waals surface area contributed by atoms with Crippen molar-refractivity contribution in [2.75, 3.05) is 16.8 Å². The summed E-state index contributed by atoms with van der Waals surface area (Å²) in [4.78, 5) is 16.1. The van der Waals surface area contributed by atoms with Gasteiger partial charge in [0.05, 0.1) is 5.56 Å². The second kappa shape index (κ2) is 4.75. The molecule has 2 aromatic rings. The number of nitrogen functional groups attached to an aromatic ring is 2. The van der Waals surface area contributed by atoms with Crippen LogP contribution in [0.5, 0.6) is 0 Å². The molecule has 0 saturated carbocycles. The van der Waals surface area contributed by atoms with Crippen LogP contribution in [-0.2, 0) is 0 Å². The first-order chi connectivity index (χ1) is 8.58. The van der Waals surface area contributed by atoms with Gasteiger partial charge in [-0.15, -0.1) is 0 Å². The summed E-state index contributed by atoms with van der Waals surface area (Å²) in [6.45, 7) is 1.87. The van der Waals surface area contributed by atoms with Gasteiger partial charge in [-0.2, -0.15) is 0 Å². The molecule has 2 rings (SSSR count). The van der Waals surface area contributed by atoms with Gasteiger partial charge in [-0.3, -0.25) is 4.79 Å². The van der Waals surface area contributed by atoms with E-state index in [1.165, 1.54) is 0 Å². The summed E-state index contributed by atoms with van der Waals surface area (Å²) in [6.07, 6.45) is 1.62. The van der Waals surface area contributed by atoms with Crippen LogP contribution < -0.4 is 16.8 Å². The van der Waals surface area contributed by atoms with Gasteiger partial charge in [0.15, 0.2) is 0 Å². The van der Waals surface area contributed by atoms with Gasteiger partial charge < -0.3 is 16.8 Å². The van der Waals surface area contributed by atoms with E-state index in [1.54, 1.807) is 24.4 Å². The Bertz CT molecular complexity index is 595. The number of aryl methyl sites for hydroxylation is 1. The Balaban J connectivity index is 2.25. The number of carbonyl (C=O) groups is 1. The Morgan fingerprint density at radius 1 is 1.28 bits per heavy atom. The van der Waals surface area contributed by atoms with Crippen LogP contribution in [0.15, 0.2) is 36.5 Å². The number of hydrogen-bond acceptors (Lipinski definition) is 4. The van der Waals surface area contributed by atoms with E-state index in [4.69, 9.17) is 11.5 Å². The summed E-state index contributed by atoms with van der Waals surface area (Å²) < 4.78 is 0. The molecule has 1 amide bonds. The molecule has 5 N–H and O–H groups in total. The molecule has 0 aliphatic heterocycles. The normalized spacial score (nSPS) is 10.1. The largest absolute Gasteiger partial charge is 0.399 e. The molecule has 0 saturated heterocycles. The van der Waals surface area contributed by atoms with E-state index < -0.39 is 0 Å². The molecule has 1 aromatic heterocycles. The molecule has 1 aromatic carbocycles. The molecule has 0 aliphatic rings.